The summed E-state index contributed by atoms with van der Waals surface area (Å²) < 4.78 is 0. The molecule has 1 aromatic carbocycles. The predicted molar refractivity (Wildman–Crippen MR) is 79.2 cm³/mol. The molecule has 0 spiro atoms. The van der Waals surface area contributed by atoms with E-state index < -0.39 is 0 Å². The number of benzene rings is 1. The molecule has 0 aliphatic heterocycles. The predicted octanol–water partition coefficient (Wildman–Crippen LogP) is 2.44. The molecule has 0 aliphatic carbocycles. The van der Waals surface area contributed by atoms with E-state index in [0.717, 1.165) is 17.2 Å². The molecule has 1 heterocycles. The average molecular weight is 256 g/mol. The Labute approximate surface area is 114 Å². The lowest BCUT2D eigenvalue weighted by Crippen LogP contribution is -2.14. The standard InChI is InChI=1S/C15H20N4/c1-10-8-11(2)14(12(3)9-10)15-18-6-4-13(19-15)17-7-5-16/h4,6,8-9H,5,7,16H2,1-3H3,(H,17,18,19). The van der Waals surface area contributed by atoms with Crippen LogP contribution in [-0.4, -0.2) is 23.1 Å². The van der Waals surface area contributed by atoms with Crippen LogP contribution in [0.4, 0.5) is 5.82 Å². The zero-order valence-corrected chi connectivity index (χ0v) is 11.7. The van der Waals surface area contributed by atoms with Crippen molar-refractivity contribution in [1.82, 2.24) is 9.97 Å². The van der Waals surface area contributed by atoms with Crippen LogP contribution in [0.15, 0.2) is 24.4 Å². The first-order valence-electron chi connectivity index (χ1n) is 6.47. The van der Waals surface area contributed by atoms with E-state index in [2.05, 4.69) is 48.2 Å². The van der Waals surface area contributed by atoms with Gasteiger partial charge in [-0.25, -0.2) is 9.97 Å². The summed E-state index contributed by atoms with van der Waals surface area (Å²) >= 11 is 0. The Balaban J connectivity index is 2.42. The summed E-state index contributed by atoms with van der Waals surface area (Å²) in [5, 5.41) is 3.18. The number of aryl methyl sites for hydroxylation is 3. The Morgan fingerprint density at radius 2 is 1.84 bits per heavy atom. The first kappa shape index (κ1) is 13.5. The summed E-state index contributed by atoms with van der Waals surface area (Å²) in [6.45, 7) is 7.59. The molecule has 0 radical (unpaired) electrons. The van der Waals surface area contributed by atoms with Gasteiger partial charge in [-0.1, -0.05) is 17.7 Å². The van der Waals surface area contributed by atoms with Gasteiger partial charge in [0.2, 0.25) is 0 Å². The molecule has 2 rings (SSSR count). The largest absolute Gasteiger partial charge is 0.369 e. The molecule has 0 amide bonds. The fraction of sp³-hybridized carbons (Fsp3) is 0.333. The monoisotopic (exact) mass is 256 g/mol. The van der Waals surface area contributed by atoms with Crippen LogP contribution in [-0.2, 0) is 0 Å². The number of hydrogen-bond donors (Lipinski definition) is 2. The van der Waals surface area contributed by atoms with Gasteiger partial charge < -0.3 is 11.1 Å². The topological polar surface area (TPSA) is 63.8 Å². The van der Waals surface area contributed by atoms with Gasteiger partial charge in [0.05, 0.1) is 0 Å². The van der Waals surface area contributed by atoms with Crippen LogP contribution in [0, 0.1) is 20.8 Å². The first-order chi connectivity index (χ1) is 9.11. The summed E-state index contributed by atoms with van der Waals surface area (Å²) in [6.07, 6.45) is 1.78. The smallest absolute Gasteiger partial charge is 0.162 e. The quantitative estimate of drug-likeness (QED) is 0.882. The maximum absolute atomic E-state index is 5.48. The van der Waals surface area contributed by atoms with Crippen molar-refractivity contribution in [1.29, 1.82) is 0 Å². The summed E-state index contributed by atoms with van der Waals surface area (Å²) in [5.74, 6) is 1.58. The third-order valence-corrected chi connectivity index (χ3v) is 3.01. The molecule has 0 bridgehead atoms. The minimum atomic E-state index is 0.585. The number of hydrogen-bond acceptors (Lipinski definition) is 4. The Morgan fingerprint density at radius 1 is 1.16 bits per heavy atom. The van der Waals surface area contributed by atoms with Gasteiger partial charge >= 0.3 is 0 Å². The first-order valence-corrected chi connectivity index (χ1v) is 6.47. The maximum Gasteiger partial charge on any atom is 0.162 e. The molecule has 0 atom stereocenters. The molecule has 4 heteroatoms. The van der Waals surface area contributed by atoms with E-state index >= 15 is 0 Å². The van der Waals surface area contributed by atoms with Gasteiger partial charge in [-0.15, -0.1) is 0 Å². The highest BCUT2D eigenvalue weighted by Crippen LogP contribution is 2.26. The summed E-state index contributed by atoms with van der Waals surface area (Å²) in [5.41, 5.74) is 10.3. The SMILES string of the molecule is Cc1cc(C)c(-c2nccc(NCCN)n2)c(C)c1. The Morgan fingerprint density at radius 3 is 2.47 bits per heavy atom. The normalized spacial score (nSPS) is 10.5. The number of nitrogens with two attached hydrogens (primary N) is 1. The highest BCUT2D eigenvalue weighted by Gasteiger charge is 2.09. The fourth-order valence-corrected chi connectivity index (χ4v) is 2.31. The molecule has 2 aromatic rings. The minimum Gasteiger partial charge on any atom is -0.369 e. The molecule has 1 aromatic heterocycles. The molecule has 4 nitrogen and oxygen atoms in total. The van der Waals surface area contributed by atoms with E-state index in [9.17, 15) is 0 Å². The Kier molecular flexibility index (Phi) is 4.12. The number of anilines is 1. The molecule has 0 unspecified atom stereocenters. The van der Waals surface area contributed by atoms with Gasteiger partial charge in [-0.3, -0.25) is 0 Å². The van der Waals surface area contributed by atoms with Crippen molar-refractivity contribution in [2.45, 2.75) is 20.8 Å². The van der Waals surface area contributed by atoms with Crippen LogP contribution in [0.3, 0.4) is 0 Å². The van der Waals surface area contributed by atoms with Gasteiger partial charge in [0.25, 0.3) is 0 Å². The van der Waals surface area contributed by atoms with Crippen LogP contribution >= 0.6 is 0 Å². The van der Waals surface area contributed by atoms with Crippen LogP contribution in [0.2, 0.25) is 0 Å². The van der Waals surface area contributed by atoms with Crippen LogP contribution in [0.25, 0.3) is 11.4 Å². The third-order valence-electron chi connectivity index (χ3n) is 3.01. The number of rotatable bonds is 4. The second-order valence-corrected chi connectivity index (χ2v) is 4.75. The summed E-state index contributed by atoms with van der Waals surface area (Å²) in [7, 11) is 0. The van der Waals surface area contributed by atoms with Gasteiger partial charge in [-0.05, 0) is 38.0 Å². The van der Waals surface area contributed by atoms with Gasteiger partial charge in [0.1, 0.15) is 5.82 Å². The van der Waals surface area contributed by atoms with Crippen molar-refractivity contribution in [3.8, 4) is 11.4 Å². The Hall–Kier alpha value is -1.94. The highest BCUT2D eigenvalue weighted by molar-refractivity contribution is 5.66. The van der Waals surface area contributed by atoms with Crippen molar-refractivity contribution in [2.24, 2.45) is 5.73 Å². The lowest BCUT2D eigenvalue weighted by molar-refractivity contribution is 1.00. The van der Waals surface area contributed by atoms with E-state index in [1.807, 2.05) is 6.07 Å². The molecule has 0 fully saturated rings. The molecular weight excluding hydrogens is 236 g/mol. The minimum absolute atomic E-state index is 0.585. The molecule has 19 heavy (non-hydrogen) atoms. The van der Waals surface area contributed by atoms with Crippen molar-refractivity contribution < 1.29 is 0 Å². The fourth-order valence-electron chi connectivity index (χ4n) is 2.31. The van der Waals surface area contributed by atoms with E-state index in [1.165, 1.54) is 16.7 Å². The van der Waals surface area contributed by atoms with E-state index in [0.29, 0.717) is 13.1 Å². The van der Waals surface area contributed by atoms with E-state index in [1.54, 1.807) is 6.20 Å². The zero-order valence-electron chi connectivity index (χ0n) is 11.7. The van der Waals surface area contributed by atoms with E-state index in [-0.39, 0.29) is 0 Å². The molecule has 0 saturated carbocycles. The van der Waals surface area contributed by atoms with Crippen molar-refractivity contribution in [3.63, 3.8) is 0 Å². The number of nitrogens with one attached hydrogen (secondary N) is 1. The summed E-state index contributed by atoms with van der Waals surface area (Å²) in [6, 6.07) is 6.18. The summed E-state index contributed by atoms with van der Waals surface area (Å²) in [4.78, 5) is 8.94. The number of nitrogens with zero attached hydrogens (tertiary/aromatic N) is 2. The maximum atomic E-state index is 5.48. The van der Waals surface area contributed by atoms with Crippen LogP contribution < -0.4 is 11.1 Å². The Bertz CT molecular complexity index is 555. The molecule has 3 N–H and O–H groups in total. The van der Waals surface area contributed by atoms with E-state index in [4.69, 9.17) is 5.73 Å². The van der Waals surface area contributed by atoms with Gasteiger partial charge in [-0.2, -0.15) is 0 Å². The molecule has 0 saturated heterocycles. The van der Waals surface area contributed by atoms with Gasteiger partial charge in [0.15, 0.2) is 5.82 Å². The second kappa shape index (κ2) is 5.80. The lowest BCUT2D eigenvalue weighted by Gasteiger charge is -2.11. The molecule has 100 valence electrons. The zero-order chi connectivity index (χ0) is 13.8. The van der Waals surface area contributed by atoms with Crippen molar-refractivity contribution in [2.75, 3.05) is 18.4 Å². The highest BCUT2D eigenvalue weighted by atomic mass is 15.0. The second-order valence-electron chi connectivity index (χ2n) is 4.75. The van der Waals surface area contributed by atoms with Crippen LogP contribution in [0.1, 0.15) is 16.7 Å². The lowest BCUT2D eigenvalue weighted by atomic mass is 9.99. The molecule has 0 aliphatic rings. The van der Waals surface area contributed by atoms with Crippen molar-refractivity contribution >= 4 is 5.82 Å². The third kappa shape index (κ3) is 3.09. The van der Waals surface area contributed by atoms with Crippen LogP contribution in [0.5, 0.6) is 0 Å². The molecular formula is C15H20N4. The number of aromatic nitrogens is 2. The van der Waals surface area contributed by atoms with Crippen molar-refractivity contribution in [3.05, 3.63) is 41.1 Å². The average Bonchev–Trinajstić information content (AvgIpc) is 2.35. The van der Waals surface area contributed by atoms with Gasteiger partial charge in [0, 0.05) is 24.8 Å².